The molecule has 1 fully saturated rings. The van der Waals surface area contributed by atoms with Crippen LogP contribution in [0.3, 0.4) is 0 Å². The smallest absolute Gasteiger partial charge is 0.222 e. The minimum Gasteiger partial charge on any atom is -0.340 e. The lowest BCUT2D eigenvalue weighted by atomic mass is 10.1. The molecule has 0 unspecified atom stereocenters. The summed E-state index contributed by atoms with van der Waals surface area (Å²) in [6, 6.07) is 17.0. The third kappa shape index (κ3) is 3.94. The largest absolute Gasteiger partial charge is 0.340 e. The third-order valence-corrected chi connectivity index (χ3v) is 5.55. The van der Waals surface area contributed by atoms with E-state index in [1.165, 1.54) is 16.6 Å². The predicted molar refractivity (Wildman–Crippen MR) is 112 cm³/mol. The van der Waals surface area contributed by atoms with E-state index in [9.17, 15) is 4.79 Å². The minimum atomic E-state index is 0.256. The van der Waals surface area contributed by atoms with Crippen LogP contribution >= 0.6 is 0 Å². The van der Waals surface area contributed by atoms with E-state index >= 15 is 0 Å². The average molecular weight is 377 g/mol. The van der Waals surface area contributed by atoms with Crippen molar-refractivity contribution in [1.29, 1.82) is 0 Å². The highest BCUT2D eigenvalue weighted by Crippen LogP contribution is 2.20. The van der Waals surface area contributed by atoms with Crippen LogP contribution in [-0.2, 0) is 17.9 Å². The summed E-state index contributed by atoms with van der Waals surface area (Å²) in [4.78, 5) is 21.2. The van der Waals surface area contributed by atoms with Crippen LogP contribution in [0.5, 0.6) is 0 Å². The number of aromatic nitrogens is 2. The number of nitrogens with zero attached hydrogens (tertiary/aromatic N) is 4. The monoisotopic (exact) mass is 376 g/mol. The number of aryl methyl sites for hydroxylation is 1. The molecule has 0 radical (unpaired) electrons. The number of imidazole rings is 1. The molecule has 3 aromatic rings. The molecule has 1 saturated heterocycles. The molecule has 0 aliphatic carbocycles. The Morgan fingerprint density at radius 2 is 1.79 bits per heavy atom. The number of amides is 1. The Morgan fingerprint density at radius 3 is 2.54 bits per heavy atom. The number of hydrogen-bond donors (Lipinski definition) is 0. The van der Waals surface area contributed by atoms with E-state index < -0.39 is 0 Å². The van der Waals surface area contributed by atoms with E-state index in [-0.39, 0.29) is 5.91 Å². The molecule has 0 atom stereocenters. The van der Waals surface area contributed by atoms with Crippen LogP contribution in [0.1, 0.15) is 30.3 Å². The fourth-order valence-corrected chi connectivity index (χ4v) is 3.99. The van der Waals surface area contributed by atoms with Gasteiger partial charge in [-0.05, 0) is 24.6 Å². The van der Waals surface area contributed by atoms with E-state index in [4.69, 9.17) is 4.98 Å². The van der Waals surface area contributed by atoms with E-state index in [0.717, 1.165) is 50.6 Å². The first-order chi connectivity index (χ1) is 13.6. The molecule has 2 heterocycles. The van der Waals surface area contributed by atoms with Crippen LogP contribution in [0, 0.1) is 6.92 Å². The molecule has 2 aromatic carbocycles. The lowest BCUT2D eigenvalue weighted by molar-refractivity contribution is -0.132. The van der Waals surface area contributed by atoms with Crippen molar-refractivity contribution in [1.82, 2.24) is 19.4 Å². The first-order valence-corrected chi connectivity index (χ1v) is 10.1. The topological polar surface area (TPSA) is 41.4 Å². The standard InChI is InChI=1S/C23H28N4O/c1-3-23(28)26-13-11-25(12-14-26)17-22-24-20-9-4-5-10-21(20)27(22)16-19-8-6-7-18(2)15-19/h4-10,15H,3,11-14,16-17H2,1-2H3. The molecule has 4 rings (SSSR count). The van der Waals surface area contributed by atoms with Crippen molar-refractivity contribution >= 4 is 16.9 Å². The van der Waals surface area contributed by atoms with Gasteiger partial charge in [0.2, 0.25) is 5.91 Å². The number of carbonyl (C=O) groups excluding carboxylic acids is 1. The van der Waals surface area contributed by atoms with E-state index in [1.54, 1.807) is 0 Å². The Hall–Kier alpha value is -2.66. The number of para-hydroxylation sites is 2. The second kappa shape index (κ2) is 8.15. The van der Waals surface area contributed by atoms with Gasteiger partial charge in [0.25, 0.3) is 0 Å². The van der Waals surface area contributed by atoms with Gasteiger partial charge in [-0.25, -0.2) is 4.98 Å². The average Bonchev–Trinajstić information content (AvgIpc) is 3.05. The number of fused-ring (bicyclic) bond motifs is 1. The zero-order valence-corrected chi connectivity index (χ0v) is 16.8. The summed E-state index contributed by atoms with van der Waals surface area (Å²) in [6.07, 6.45) is 0.590. The first kappa shape index (κ1) is 18.7. The molecular formula is C23H28N4O. The Kier molecular flexibility index (Phi) is 5.44. The fourth-order valence-electron chi connectivity index (χ4n) is 3.99. The fraction of sp³-hybridized carbons (Fsp3) is 0.391. The van der Waals surface area contributed by atoms with Gasteiger partial charge in [0.1, 0.15) is 5.82 Å². The minimum absolute atomic E-state index is 0.256. The van der Waals surface area contributed by atoms with Crippen LogP contribution in [0.25, 0.3) is 11.0 Å². The van der Waals surface area contributed by atoms with Gasteiger partial charge in [-0.15, -0.1) is 0 Å². The van der Waals surface area contributed by atoms with E-state index in [1.807, 2.05) is 17.9 Å². The lowest BCUT2D eigenvalue weighted by Crippen LogP contribution is -2.48. The van der Waals surface area contributed by atoms with Gasteiger partial charge in [0, 0.05) is 39.1 Å². The van der Waals surface area contributed by atoms with Crippen LogP contribution < -0.4 is 0 Å². The van der Waals surface area contributed by atoms with Gasteiger partial charge < -0.3 is 9.47 Å². The maximum atomic E-state index is 11.9. The van der Waals surface area contributed by atoms with Gasteiger partial charge >= 0.3 is 0 Å². The zero-order valence-electron chi connectivity index (χ0n) is 16.8. The van der Waals surface area contributed by atoms with Gasteiger partial charge in [0.15, 0.2) is 0 Å². The van der Waals surface area contributed by atoms with Crippen LogP contribution in [0.15, 0.2) is 48.5 Å². The highest BCUT2D eigenvalue weighted by atomic mass is 16.2. The summed E-state index contributed by atoms with van der Waals surface area (Å²) in [5.74, 6) is 1.35. The summed E-state index contributed by atoms with van der Waals surface area (Å²) >= 11 is 0. The van der Waals surface area contributed by atoms with Gasteiger partial charge in [0.05, 0.1) is 17.6 Å². The molecule has 1 aromatic heterocycles. The number of carbonyl (C=O) groups is 1. The quantitative estimate of drug-likeness (QED) is 0.685. The molecule has 1 amide bonds. The van der Waals surface area contributed by atoms with Crippen molar-refractivity contribution in [3.8, 4) is 0 Å². The molecule has 5 heteroatoms. The number of rotatable bonds is 5. The highest BCUT2D eigenvalue weighted by Gasteiger charge is 2.22. The second-order valence-electron chi connectivity index (χ2n) is 7.60. The van der Waals surface area contributed by atoms with Gasteiger partial charge in [-0.3, -0.25) is 9.69 Å². The summed E-state index contributed by atoms with van der Waals surface area (Å²) in [5, 5.41) is 0. The van der Waals surface area contributed by atoms with Crippen LogP contribution in [0.4, 0.5) is 0 Å². The van der Waals surface area contributed by atoms with Crippen molar-refractivity contribution in [3.05, 3.63) is 65.5 Å². The first-order valence-electron chi connectivity index (χ1n) is 10.1. The molecule has 0 spiro atoms. The molecule has 146 valence electrons. The van der Waals surface area contributed by atoms with Crippen LogP contribution in [-0.4, -0.2) is 51.4 Å². The molecule has 1 aliphatic rings. The number of piperazine rings is 1. The van der Waals surface area contributed by atoms with E-state index in [0.29, 0.717) is 6.42 Å². The van der Waals surface area contributed by atoms with Crippen molar-refractivity contribution in [2.24, 2.45) is 0 Å². The lowest BCUT2D eigenvalue weighted by Gasteiger charge is -2.34. The Balaban J connectivity index is 1.56. The second-order valence-corrected chi connectivity index (χ2v) is 7.60. The summed E-state index contributed by atoms with van der Waals surface area (Å²) in [6.45, 7) is 9.13. The molecule has 0 N–H and O–H groups in total. The van der Waals surface area contributed by atoms with Crippen molar-refractivity contribution < 1.29 is 4.79 Å². The summed E-state index contributed by atoms with van der Waals surface area (Å²) in [7, 11) is 0. The summed E-state index contributed by atoms with van der Waals surface area (Å²) < 4.78 is 2.34. The molecular weight excluding hydrogens is 348 g/mol. The third-order valence-electron chi connectivity index (χ3n) is 5.55. The van der Waals surface area contributed by atoms with Crippen molar-refractivity contribution in [2.75, 3.05) is 26.2 Å². The highest BCUT2D eigenvalue weighted by molar-refractivity contribution is 5.76. The van der Waals surface area contributed by atoms with Crippen molar-refractivity contribution in [2.45, 2.75) is 33.4 Å². The molecule has 28 heavy (non-hydrogen) atoms. The molecule has 5 nitrogen and oxygen atoms in total. The van der Waals surface area contributed by atoms with E-state index in [2.05, 4.69) is 58.9 Å². The SMILES string of the molecule is CCC(=O)N1CCN(Cc2nc3ccccc3n2Cc2cccc(C)c2)CC1. The zero-order chi connectivity index (χ0) is 19.5. The van der Waals surface area contributed by atoms with Crippen molar-refractivity contribution in [3.63, 3.8) is 0 Å². The maximum Gasteiger partial charge on any atom is 0.222 e. The Labute approximate surface area is 166 Å². The van der Waals surface area contributed by atoms with Crippen LogP contribution in [0.2, 0.25) is 0 Å². The number of hydrogen-bond acceptors (Lipinski definition) is 3. The Bertz CT molecular complexity index is 970. The Morgan fingerprint density at radius 1 is 1.00 bits per heavy atom. The predicted octanol–water partition coefficient (Wildman–Crippen LogP) is 3.45. The summed E-state index contributed by atoms with van der Waals surface area (Å²) in [5.41, 5.74) is 4.80. The number of benzene rings is 2. The van der Waals surface area contributed by atoms with Gasteiger partial charge in [-0.1, -0.05) is 48.9 Å². The maximum absolute atomic E-state index is 11.9. The normalized spacial score (nSPS) is 15.3. The molecule has 0 bridgehead atoms. The van der Waals surface area contributed by atoms with Gasteiger partial charge in [-0.2, -0.15) is 0 Å². The molecule has 0 saturated carbocycles. The molecule has 1 aliphatic heterocycles.